The van der Waals surface area contributed by atoms with E-state index in [9.17, 15) is 13.2 Å². The Morgan fingerprint density at radius 1 is 1.06 bits per heavy atom. The molecule has 2 aliphatic heterocycles. The van der Waals surface area contributed by atoms with Gasteiger partial charge in [0.1, 0.15) is 5.82 Å². The Kier molecular flexibility index (Phi) is 7.67. The predicted octanol–water partition coefficient (Wildman–Crippen LogP) is 5.01. The summed E-state index contributed by atoms with van der Waals surface area (Å²) in [6.45, 7) is 6.16. The molecule has 5 rings (SSSR count). The Hall–Kier alpha value is -2.64. The second-order valence-electron chi connectivity index (χ2n) is 9.40. The summed E-state index contributed by atoms with van der Waals surface area (Å²) in [5.74, 6) is 1.37. The highest BCUT2D eigenvalue weighted by molar-refractivity contribution is 7.91. The molecule has 8 heteroatoms. The maximum atomic E-state index is 12.9. The molecule has 0 spiro atoms. The van der Waals surface area contributed by atoms with E-state index in [4.69, 9.17) is 0 Å². The molecule has 1 saturated heterocycles. The summed E-state index contributed by atoms with van der Waals surface area (Å²) >= 11 is 0. The maximum absolute atomic E-state index is 12.9. The van der Waals surface area contributed by atoms with Gasteiger partial charge in [-0.3, -0.25) is 4.79 Å². The molecule has 1 amide bonds. The number of carbonyl (C=O) groups excluding carboxylic acids is 1. The van der Waals surface area contributed by atoms with E-state index >= 15 is 0 Å². The molecule has 35 heavy (non-hydrogen) atoms. The third-order valence-corrected chi connectivity index (χ3v) is 9.00. The molecule has 0 bridgehead atoms. The number of hydrogen-bond donors (Lipinski definition) is 0. The van der Waals surface area contributed by atoms with E-state index in [-0.39, 0.29) is 35.4 Å². The Morgan fingerprint density at radius 3 is 2.57 bits per heavy atom. The number of likely N-dealkylation sites (tertiary alicyclic amines) is 1. The van der Waals surface area contributed by atoms with E-state index in [2.05, 4.69) is 16.1 Å². The fourth-order valence-corrected chi connectivity index (χ4v) is 6.51. The van der Waals surface area contributed by atoms with Crippen LogP contribution in [0, 0.1) is 0 Å². The van der Waals surface area contributed by atoms with Crippen LogP contribution in [-0.4, -0.2) is 47.6 Å². The highest BCUT2D eigenvalue weighted by atomic mass is 35.5. The van der Waals surface area contributed by atoms with Crippen LogP contribution in [0.1, 0.15) is 55.1 Å². The lowest BCUT2D eigenvalue weighted by Gasteiger charge is -2.33. The molecular weight excluding hydrogens is 482 g/mol. The SMILES string of the molecule is C=Cc1ccc2cc(S(=O)(=O)CCC(=O)N3CCC(c4cnc5n4CCCC5)CC3)ccc2c1.Cl. The molecule has 3 heterocycles. The molecule has 6 nitrogen and oxygen atoms in total. The van der Waals surface area contributed by atoms with Crippen molar-refractivity contribution >= 4 is 45.0 Å². The maximum Gasteiger partial charge on any atom is 0.223 e. The van der Waals surface area contributed by atoms with Crippen LogP contribution in [0.15, 0.2) is 54.1 Å². The summed E-state index contributed by atoms with van der Waals surface area (Å²) in [6.07, 6.45) is 9.08. The van der Waals surface area contributed by atoms with Crippen molar-refractivity contribution in [3.8, 4) is 0 Å². The molecule has 0 saturated carbocycles. The fraction of sp³-hybridized carbons (Fsp3) is 0.407. The van der Waals surface area contributed by atoms with Gasteiger partial charge in [-0.25, -0.2) is 13.4 Å². The first-order chi connectivity index (χ1) is 16.4. The molecular formula is C27H32ClN3O3S. The number of nitrogens with zero attached hydrogens (tertiary/aromatic N) is 3. The summed E-state index contributed by atoms with van der Waals surface area (Å²) < 4.78 is 28.2. The highest BCUT2D eigenvalue weighted by Crippen LogP contribution is 2.31. The van der Waals surface area contributed by atoms with Crippen LogP contribution in [0.2, 0.25) is 0 Å². The molecule has 2 aliphatic rings. The van der Waals surface area contributed by atoms with Crippen LogP contribution >= 0.6 is 12.4 Å². The van der Waals surface area contributed by atoms with Crippen molar-refractivity contribution < 1.29 is 13.2 Å². The van der Waals surface area contributed by atoms with E-state index < -0.39 is 9.84 Å². The summed E-state index contributed by atoms with van der Waals surface area (Å²) in [6, 6.07) is 10.9. The average Bonchev–Trinajstić information content (AvgIpc) is 3.31. The zero-order chi connectivity index (χ0) is 23.7. The fourth-order valence-electron chi connectivity index (χ4n) is 5.25. The third kappa shape index (κ3) is 5.31. The first-order valence-corrected chi connectivity index (χ1v) is 13.8. The highest BCUT2D eigenvalue weighted by Gasteiger charge is 2.28. The summed E-state index contributed by atoms with van der Waals surface area (Å²) in [7, 11) is -3.54. The van der Waals surface area contributed by atoms with E-state index in [0.717, 1.165) is 42.1 Å². The number of sulfone groups is 1. The number of imidazole rings is 1. The van der Waals surface area contributed by atoms with E-state index in [1.54, 1.807) is 18.2 Å². The minimum atomic E-state index is -3.54. The summed E-state index contributed by atoms with van der Waals surface area (Å²) in [5.41, 5.74) is 2.30. The molecule has 0 atom stereocenters. The van der Waals surface area contributed by atoms with E-state index in [1.165, 1.54) is 24.4 Å². The number of fused-ring (bicyclic) bond motifs is 2. The predicted molar refractivity (Wildman–Crippen MR) is 142 cm³/mol. The van der Waals surface area contributed by atoms with Gasteiger partial charge in [0, 0.05) is 50.3 Å². The first-order valence-electron chi connectivity index (χ1n) is 12.2. The normalized spacial score (nSPS) is 16.5. The minimum Gasteiger partial charge on any atom is -0.343 e. The molecule has 3 aromatic rings. The Morgan fingerprint density at radius 2 is 1.80 bits per heavy atom. The van der Waals surface area contributed by atoms with Gasteiger partial charge in [-0.2, -0.15) is 0 Å². The number of rotatable bonds is 6. The van der Waals surface area contributed by atoms with Crippen LogP contribution in [0.25, 0.3) is 16.8 Å². The summed E-state index contributed by atoms with van der Waals surface area (Å²) in [5, 5.41) is 1.83. The smallest absolute Gasteiger partial charge is 0.223 e. The van der Waals surface area contributed by atoms with Crippen LogP contribution in [-0.2, 0) is 27.6 Å². The van der Waals surface area contributed by atoms with Gasteiger partial charge in [-0.15, -0.1) is 12.4 Å². The molecule has 0 unspecified atom stereocenters. The molecule has 1 fully saturated rings. The van der Waals surface area contributed by atoms with E-state index in [1.807, 2.05) is 35.4 Å². The van der Waals surface area contributed by atoms with Crippen molar-refractivity contribution in [2.75, 3.05) is 18.8 Å². The van der Waals surface area contributed by atoms with Gasteiger partial charge in [0.05, 0.1) is 10.6 Å². The summed E-state index contributed by atoms with van der Waals surface area (Å²) in [4.78, 5) is 19.5. The quantitative estimate of drug-likeness (QED) is 0.464. The lowest BCUT2D eigenvalue weighted by Crippen LogP contribution is -2.39. The van der Waals surface area contributed by atoms with Crippen LogP contribution in [0.3, 0.4) is 0 Å². The molecule has 0 aliphatic carbocycles. The number of carbonyl (C=O) groups is 1. The minimum absolute atomic E-state index is 0. The second-order valence-corrected chi connectivity index (χ2v) is 11.5. The van der Waals surface area contributed by atoms with Gasteiger partial charge in [-0.1, -0.05) is 30.9 Å². The van der Waals surface area contributed by atoms with Gasteiger partial charge < -0.3 is 9.47 Å². The number of amides is 1. The Balaban J connectivity index is 0.00000289. The van der Waals surface area contributed by atoms with Gasteiger partial charge in [-0.05, 0) is 60.2 Å². The van der Waals surface area contributed by atoms with Gasteiger partial charge in [0.15, 0.2) is 9.84 Å². The molecule has 1 aromatic heterocycles. The number of hydrogen-bond acceptors (Lipinski definition) is 4. The number of aryl methyl sites for hydroxylation is 1. The van der Waals surface area contributed by atoms with Crippen molar-refractivity contribution in [2.45, 2.75) is 55.9 Å². The monoisotopic (exact) mass is 513 g/mol. The zero-order valence-corrected chi connectivity index (χ0v) is 21.5. The zero-order valence-electron chi connectivity index (χ0n) is 19.9. The molecule has 186 valence electrons. The van der Waals surface area contributed by atoms with Crippen molar-refractivity contribution in [1.29, 1.82) is 0 Å². The second kappa shape index (κ2) is 10.5. The molecule has 2 aromatic carbocycles. The lowest BCUT2D eigenvalue weighted by molar-refractivity contribution is -0.131. The topological polar surface area (TPSA) is 72.3 Å². The van der Waals surface area contributed by atoms with E-state index in [0.29, 0.717) is 19.0 Å². The average molecular weight is 514 g/mol. The lowest BCUT2D eigenvalue weighted by atomic mass is 9.93. The Labute approximate surface area is 213 Å². The number of halogens is 1. The number of aromatic nitrogens is 2. The van der Waals surface area contributed by atoms with Crippen molar-refractivity contribution in [1.82, 2.24) is 14.5 Å². The van der Waals surface area contributed by atoms with Gasteiger partial charge >= 0.3 is 0 Å². The van der Waals surface area contributed by atoms with Crippen molar-refractivity contribution in [2.24, 2.45) is 0 Å². The van der Waals surface area contributed by atoms with Crippen molar-refractivity contribution in [3.63, 3.8) is 0 Å². The standard InChI is InChI=1S/C27H31N3O3S.ClH/c1-2-20-6-7-23-18-24(9-8-22(23)17-20)34(32,33)16-12-27(31)29-14-10-21(11-15-29)25-19-28-26-5-3-4-13-30(25)26;/h2,6-9,17-19,21H,1,3-5,10-16H2;1H. The largest absolute Gasteiger partial charge is 0.343 e. The molecule has 0 radical (unpaired) electrons. The molecule has 0 N–H and O–H groups in total. The first kappa shape index (κ1) is 25.5. The third-order valence-electron chi connectivity index (χ3n) is 7.28. The van der Waals surface area contributed by atoms with Crippen LogP contribution in [0.5, 0.6) is 0 Å². The Bertz CT molecular complexity index is 1340. The van der Waals surface area contributed by atoms with Crippen LogP contribution < -0.4 is 0 Å². The van der Waals surface area contributed by atoms with Crippen LogP contribution in [0.4, 0.5) is 0 Å². The van der Waals surface area contributed by atoms with Crippen molar-refractivity contribution in [3.05, 3.63) is 66.3 Å². The number of benzene rings is 2. The number of piperidine rings is 1. The van der Waals surface area contributed by atoms with Gasteiger partial charge in [0.2, 0.25) is 5.91 Å². The van der Waals surface area contributed by atoms with Gasteiger partial charge in [0.25, 0.3) is 0 Å².